The number of rotatable bonds is 4. The van der Waals surface area contributed by atoms with E-state index in [0.717, 1.165) is 12.1 Å². The quantitative estimate of drug-likeness (QED) is 0.457. The van der Waals surface area contributed by atoms with Crippen LogP contribution in [0.3, 0.4) is 0 Å². The third-order valence-electron chi connectivity index (χ3n) is 2.90. The number of phenols is 2. The molecule has 0 saturated heterocycles. The topological polar surface area (TPSA) is 87.0 Å². The van der Waals surface area contributed by atoms with E-state index in [4.69, 9.17) is 4.74 Å². The van der Waals surface area contributed by atoms with Crippen LogP contribution in [0, 0.1) is 0 Å². The van der Waals surface area contributed by atoms with E-state index in [1.165, 1.54) is 19.2 Å². The van der Waals surface area contributed by atoms with Crippen molar-refractivity contribution in [3.05, 3.63) is 59.7 Å². The van der Waals surface area contributed by atoms with Crippen LogP contribution < -0.4 is 4.74 Å². The summed E-state index contributed by atoms with van der Waals surface area (Å²) in [7, 11) is 1.53. The van der Waals surface area contributed by atoms with E-state index < -0.39 is 5.78 Å². The van der Waals surface area contributed by atoms with Gasteiger partial charge < -0.3 is 20.1 Å². The molecule has 108 valence electrons. The van der Waals surface area contributed by atoms with Gasteiger partial charge in [0.1, 0.15) is 23.0 Å². The van der Waals surface area contributed by atoms with Gasteiger partial charge in [-0.05, 0) is 36.4 Å². The van der Waals surface area contributed by atoms with Crippen LogP contribution in [0.5, 0.6) is 17.2 Å². The average Bonchev–Trinajstić information content (AvgIpc) is 2.47. The molecule has 2 rings (SSSR count). The van der Waals surface area contributed by atoms with Crippen LogP contribution in [-0.2, 0) is 0 Å². The number of aromatic hydroxyl groups is 2. The fourth-order valence-electron chi connectivity index (χ4n) is 1.78. The second kappa shape index (κ2) is 6.00. The number of carbonyl (C=O) groups is 1. The van der Waals surface area contributed by atoms with E-state index >= 15 is 0 Å². The van der Waals surface area contributed by atoms with Gasteiger partial charge in [-0.1, -0.05) is 0 Å². The average molecular weight is 286 g/mol. The fourth-order valence-corrected chi connectivity index (χ4v) is 1.78. The first-order valence-electron chi connectivity index (χ1n) is 6.12. The summed E-state index contributed by atoms with van der Waals surface area (Å²) in [6.45, 7) is 0. The predicted molar refractivity (Wildman–Crippen MR) is 77.7 cm³/mol. The largest absolute Gasteiger partial charge is 0.508 e. The molecule has 0 aliphatic carbocycles. The highest BCUT2D eigenvalue weighted by Gasteiger charge is 2.11. The zero-order chi connectivity index (χ0) is 15.4. The van der Waals surface area contributed by atoms with Crippen LogP contribution in [0.1, 0.15) is 15.9 Å². The maximum Gasteiger partial charge on any atom is 0.193 e. The van der Waals surface area contributed by atoms with Gasteiger partial charge in [0, 0.05) is 17.7 Å². The summed E-state index contributed by atoms with van der Waals surface area (Å²) in [5.74, 6) is -0.656. The number of aliphatic hydroxyl groups is 1. The van der Waals surface area contributed by atoms with E-state index in [0.29, 0.717) is 11.3 Å². The molecule has 0 amide bonds. The lowest BCUT2D eigenvalue weighted by Crippen LogP contribution is -1.97. The highest BCUT2D eigenvalue weighted by atomic mass is 16.5. The lowest BCUT2D eigenvalue weighted by atomic mass is 10.1. The Kier molecular flexibility index (Phi) is 4.13. The van der Waals surface area contributed by atoms with Crippen LogP contribution in [0.25, 0.3) is 5.76 Å². The molecule has 0 radical (unpaired) electrons. The van der Waals surface area contributed by atoms with Crippen LogP contribution in [0.4, 0.5) is 0 Å². The molecule has 2 aromatic carbocycles. The number of hydrogen-bond donors (Lipinski definition) is 3. The first-order valence-corrected chi connectivity index (χ1v) is 6.12. The number of phenolic OH excluding ortho intramolecular Hbond substituents is 2. The van der Waals surface area contributed by atoms with Crippen molar-refractivity contribution in [2.75, 3.05) is 7.11 Å². The molecule has 0 bridgehead atoms. The van der Waals surface area contributed by atoms with E-state index in [-0.39, 0.29) is 22.8 Å². The number of ketones is 1. The van der Waals surface area contributed by atoms with Gasteiger partial charge in [0.05, 0.1) is 12.7 Å². The molecule has 5 heteroatoms. The van der Waals surface area contributed by atoms with Gasteiger partial charge in [0.15, 0.2) is 5.78 Å². The molecule has 0 fully saturated rings. The SMILES string of the molecule is COc1ccc(C(O)=CC(=O)c2ccc(O)cc2O)cc1. The maximum absolute atomic E-state index is 12.0. The third-order valence-corrected chi connectivity index (χ3v) is 2.90. The Morgan fingerprint density at radius 2 is 1.76 bits per heavy atom. The summed E-state index contributed by atoms with van der Waals surface area (Å²) < 4.78 is 5.00. The molecule has 0 aromatic heterocycles. The second-order valence-corrected chi connectivity index (χ2v) is 4.32. The van der Waals surface area contributed by atoms with Gasteiger partial charge in [-0.3, -0.25) is 4.79 Å². The smallest absolute Gasteiger partial charge is 0.193 e. The Morgan fingerprint density at radius 1 is 1.10 bits per heavy atom. The fraction of sp³-hybridized carbons (Fsp3) is 0.0625. The number of ether oxygens (including phenoxy) is 1. The van der Waals surface area contributed by atoms with Gasteiger partial charge in [-0.15, -0.1) is 0 Å². The van der Waals surface area contributed by atoms with Gasteiger partial charge in [-0.2, -0.15) is 0 Å². The van der Waals surface area contributed by atoms with E-state index in [2.05, 4.69) is 0 Å². The molecular formula is C16H14O5. The van der Waals surface area contributed by atoms with Gasteiger partial charge in [0.2, 0.25) is 0 Å². The summed E-state index contributed by atoms with van der Waals surface area (Å²) in [4.78, 5) is 12.0. The zero-order valence-corrected chi connectivity index (χ0v) is 11.3. The van der Waals surface area contributed by atoms with Crippen molar-refractivity contribution in [2.24, 2.45) is 0 Å². The monoisotopic (exact) mass is 286 g/mol. The van der Waals surface area contributed by atoms with Crippen LogP contribution >= 0.6 is 0 Å². The van der Waals surface area contributed by atoms with Crippen molar-refractivity contribution >= 4 is 11.5 Å². The predicted octanol–water partition coefficient (Wildman–Crippen LogP) is 2.89. The molecule has 2 aromatic rings. The summed E-state index contributed by atoms with van der Waals surface area (Å²) in [6.07, 6.45) is 1.01. The number of carbonyl (C=O) groups excluding carboxylic acids is 1. The highest BCUT2D eigenvalue weighted by molar-refractivity contribution is 6.09. The minimum atomic E-state index is -0.569. The van der Waals surface area contributed by atoms with Crippen molar-refractivity contribution in [1.29, 1.82) is 0 Å². The maximum atomic E-state index is 12.0. The Morgan fingerprint density at radius 3 is 2.33 bits per heavy atom. The van der Waals surface area contributed by atoms with Crippen molar-refractivity contribution in [3.8, 4) is 17.2 Å². The summed E-state index contributed by atoms with van der Waals surface area (Å²) in [5, 5.41) is 28.7. The molecule has 3 N–H and O–H groups in total. The number of allylic oxidation sites excluding steroid dienone is 1. The number of aliphatic hydroxyl groups excluding tert-OH is 1. The van der Waals surface area contributed by atoms with Crippen LogP contribution in [0.15, 0.2) is 48.5 Å². The van der Waals surface area contributed by atoms with E-state index in [9.17, 15) is 20.1 Å². The summed E-state index contributed by atoms with van der Waals surface area (Å²) >= 11 is 0. The second-order valence-electron chi connectivity index (χ2n) is 4.32. The van der Waals surface area contributed by atoms with Gasteiger partial charge >= 0.3 is 0 Å². The van der Waals surface area contributed by atoms with Crippen molar-refractivity contribution in [1.82, 2.24) is 0 Å². The molecule has 0 atom stereocenters. The van der Waals surface area contributed by atoms with Crippen LogP contribution in [-0.4, -0.2) is 28.2 Å². The van der Waals surface area contributed by atoms with Gasteiger partial charge in [-0.25, -0.2) is 0 Å². The molecule has 0 aliphatic heterocycles. The molecular weight excluding hydrogens is 272 g/mol. The van der Waals surface area contributed by atoms with Crippen LogP contribution in [0.2, 0.25) is 0 Å². The Bertz CT molecular complexity index is 686. The third kappa shape index (κ3) is 3.33. The Labute approximate surface area is 121 Å². The van der Waals surface area contributed by atoms with Gasteiger partial charge in [0.25, 0.3) is 0 Å². The zero-order valence-electron chi connectivity index (χ0n) is 11.3. The molecule has 0 saturated carbocycles. The number of benzene rings is 2. The lowest BCUT2D eigenvalue weighted by Gasteiger charge is -2.04. The number of methoxy groups -OCH3 is 1. The normalized spacial score (nSPS) is 11.2. The number of hydrogen-bond acceptors (Lipinski definition) is 5. The first kappa shape index (κ1) is 14.5. The first-order chi connectivity index (χ1) is 10.0. The highest BCUT2D eigenvalue weighted by Crippen LogP contribution is 2.24. The minimum absolute atomic E-state index is 0.00661. The molecule has 5 nitrogen and oxygen atoms in total. The summed E-state index contributed by atoms with van der Waals surface area (Å²) in [5.41, 5.74) is 0.440. The molecule has 21 heavy (non-hydrogen) atoms. The Balaban J connectivity index is 2.26. The minimum Gasteiger partial charge on any atom is -0.508 e. The Hall–Kier alpha value is -2.95. The van der Waals surface area contributed by atoms with Crippen molar-refractivity contribution in [2.45, 2.75) is 0 Å². The molecule has 0 unspecified atom stereocenters. The molecule has 0 spiro atoms. The standard InChI is InChI=1S/C16H14O5/c1-21-12-5-2-10(3-6-12)14(18)9-16(20)13-7-4-11(17)8-15(13)19/h2-9,17-19H,1H3. The molecule has 0 heterocycles. The van der Waals surface area contributed by atoms with E-state index in [1.807, 2.05) is 0 Å². The molecule has 0 aliphatic rings. The van der Waals surface area contributed by atoms with Crippen molar-refractivity contribution < 1.29 is 24.9 Å². The summed E-state index contributed by atoms with van der Waals surface area (Å²) in [6, 6.07) is 10.1. The lowest BCUT2D eigenvalue weighted by molar-refractivity contribution is 0.104. The van der Waals surface area contributed by atoms with E-state index in [1.54, 1.807) is 24.3 Å². The van der Waals surface area contributed by atoms with Crippen molar-refractivity contribution in [3.63, 3.8) is 0 Å².